The molecule has 2 rings (SSSR count). The van der Waals surface area contributed by atoms with Gasteiger partial charge >= 0.3 is 0 Å². The van der Waals surface area contributed by atoms with Crippen molar-refractivity contribution < 1.29 is 9.53 Å². The highest BCUT2D eigenvalue weighted by Gasteiger charge is 2.28. The third-order valence-corrected chi connectivity index (χ3v) is 5.11. The smallest absolute Gasteiger partial charge is 0.234 e. The number of carbonyl (C=O) groups excluding carboxylic acids is 1. The Balaban J connectivity index is 1.85. The second-order valence-electron chi connectivity index (χ2n) is 7.05. The number of hydrogen-bond acceptors (Lipinski definition) is 3. The van der Waals surface area contributed by atoms with Crippen molar-refractivity contribution in [3.63, 3.8) is 0 Å². The number of nitrogens with one attached hydrogen (secondary N) is 1. The number of ether oxygens (including phenoxy) is 1. The highest BCUT2D eigenvalue weighted by molar-refractivity contribution is 5.78. The van der Waals surface area contributed by atoms with E-state index < -0.39 is 0 Å². The number of hydrogen-bond donors (Lipinski definition) is 1. The summed E-state index contributed by atoms with van der Waals surface area (Å²) < 4.78 is 5.44. The van der Waals surface area contributed by atoms with Gasteiger partial charge in [0.2, 0.25) is 5.91 Å². The molecule has 0 aromatic heterocycles. The van der Waals surface area contributed by atoms with Crippen molar-refractivity contribution in [3.05, 3.63) is 0 Å². The highest BCUT2D eigenvalue weighted by Crippen LogP contribution is 2.24. The van der Waals surface area contributed by atoms with Crippen LogP contribution in [0.3, 0.4) is 0 Å². The summed E-state index contributed by atoms with van der Waals surface area (Å²) in [6.07, 6.45) is 7.05. The fourth-order valence-corrected chi connectivity index (χ4v) is 3.70. The van der Waals surface area contributed by atoms with Gasteiger partial charge in [0.25, 0.3) is 0 Å². The van der Waals surface area contributed by atoms with Crippen LogP contribution in [0.25, 0.3) is 0 Å². The Hall–Kier alpha value is -0.610. The first-order chi connectivity index (χ1) is 10.1. The van der Waals surface area contributed by atoms with Crippen LogP contribution in [0.4, 0.5) is 0 Å². The number of nitrogens with zero attached hydrogens (tertiary/aromatic N) is 1. The highest BCUT2D eigenvalue weighted by atomic mass is 16.5. The maximum Gasteiger partial charge on any atom is 0.234 e. The summed E-state index contributed by atoms with van der Waals surface area (Å²) in [5.41, 5.74) is 0. The molecule has 0 unspecified atom stereocenters. The van der Waals surface area contributed by atoms with E-state index in [2.05, 4.69) is 31.0 Å². The van der Waals surface area contributed by atoms with Crippen LogP contribution in [0.5, 0.6) is 0 Å². The molecule has 1 aliphatic carbocycles. The zero-order valence-electron chi connectivity index (χ0n) is 13.9. The fraction of sp³-hybridized carbons (Fsp3) is 0.941. The predicted octanol–water partition coefficient (Wildman–Crippen LogP) is 2.57. The molecule has 1 saturated carbocycles. The lowest BCUT2D eigenvalue weighted by Crippen LogP contribution is -2.51. The first-order valence-electron chi connectivity index (χ1n) is 8.70. The van der Waals surface area contributed by atoms with Crippen molar-refractivity contribution in [1.29, 1.82) is 0 Å². The third kappa shape index (κ3) is 4.96. The molecule has 4 nitrogen and oxygen atoms in total. The predicted molar refractivity (Wildman–Crippen MR) is 85.2 cm³/mol. The molecule has 1 saturated heterocycles. The summed E-state index contributed by atoms with van der Waals surface area (Å²) in [7, 11) is 0. The van der Waals surface area contributed by atoms with E-state index in [1.807, 2.05) is 0 Å². The lowest BCUT2D eigenvalue weighted by molar-refractivity contribution is -0.125. The van der Waals surface area contributed by atoms with Crippen molar-refractivity contribution in [2.75, 3.05) is 19.8 Å². The van der Waals surface area contributed by atoms with Gasteiger partial charge in [0.05, 0.1) is 6.54 Å². The van der Waals surface area contributed by atoms with Gasteiger partial charge < -0.3 is 10.1 Å². The first kappa shape index (κ1) is 16.8. The molecule has 2 atom stereocenters. The van der Waals surface area contributed by atoms with Gasteiger partial charge in [0.1, 0.15) is 0 Å². The Morgan fingerprint density at radius 3 is 2.48 bits per heavy atom. The molecule has 2 fully saturated rings. The van der Waals surface area contributed by atoms with Crippen LogP contribution < -0.4 is 5.32 Å². The average molecular weight is 296 g/mol. The normalized spacial score (nSPS) is 28.0. The van der Waals surface area contributed by atoms with Gasteiger partial charge in [-0.1, -0.05) is 19.8 Å². The van der Waals surface area contributed by atoms with Crippen LogP contribution in [-0.4, -0.2) is 48.7 Å². The largest absolute Gasteiger partial charge is 0.381 e. The molecule has 0 radical (unpaired) electrons. The Kier molecular flexibility index (Phi) is 6.49. The molecule has 1 amide bonds. The second kappa shape index (κ2) is 8.14. The second-order valence-corrected chi connectivity index (χ2v) is 7.05. The van der Waals surface area contributed by atoms with Crippen LogP contribution >= 0.6 is 0 Å². The third-order valence-electron chi connectivity index (χ3n) is 5.11. The Morgan fingerprint density at radius 2 is 1.86 bits per heavy atom. The maximum absolute atomic E-state index is 12.4. The minimum Gasteiger partial charge on any atom is -0.381 e. The van der Waals surface area contributed by atoms with E-state index in [1.54, 1.807) is 0 Å². The van der Waals surface area contributed by atoms with E-state index in [0.717, 1.165) is 32.5 Å². The van der Waals surface area contributed by atoms with Crippen LogP contribution in [0, 0.1) is 5.92 Å². The van der Waals surface area contributed by atoms with Crippen LogP contribution in [0.15, 0.2) is 0 Å². The molecule has 0 aromatic carbocycles. The van der Waals surface area contributed by atoms with Gasteiger partial charge in [-0.05, 0) is 45.4 Å². The van der Waals surface area contributed by atoms with E-state index in [9.17, 15) is 4.79 Å². The van der Waals surface area contributed by atoms with E-state index in [1.165, 1.54) is 19.3 Å². The molecule has 1 heterocycles. The minimum absolute atomic E-state index is 0.203. The summed E-state index contributed by atoms with van der Waals surface area (Å²) in [6.45, 7) is 8.83. The summed E-state index contributed by atoms with van der Waals surface area (Å²) in [6, 6.07) is 1.28. The van der Waals surface area contributed by atoms with Gasteiger partial charge in [-0.2, -0.15) is 0 Å². The standard InChI is InChI=1S/C17H32N2O2/c1-13(2)19(15-8-10-21-11-9-15)12-17(20)18-16-7-5-4-6-14(16)3/h13-16H,4-12H2,1-3H3,(H,18,20)/t14-,16-/m1/s1. The van der Waals surface area contributed by atoms with Crippen LogP contribution in [0.1, 0.15) is 59.3 Å². The summed E-state index contributed by atoms with van der Waals surface area (Å²) in [5, 5.41) is 3.28. The van der Waals surface area contributed by atoms with Crippen molar-refractivity contribution in [2.24, 2.45) is 5.92 Å². The van der Waals surface area contributed by atoms with Crippen LogP contribution in [-0.2, 0) is 9.53 Å². The van der Waals surface area contributed by atoms with Gasteiger partial charge in [0.15, 0.2) is 0 Å². The zero-order valence-corrected chi connectivity index (χ0v) is 13.9. The first-order valence-corrected chi connectivity index (χ1v) is 8.70. The fourth-order valence-electron chi connectivity index (χ4n) is 3.70. The summed E-state index contributed by atoms with van der Waals surface area (Å²) in [4.78, 5) is 14.8. The maximum atomic E-state index is 12.4. The van der Waals surface area contributed by atoms with Crippen molar-refractivity contribution >= 4 is 5.91 Å². The summed E-state index contributed by atoms with van der Waals surface area (Å²) in [5.74, 6) is 0.826. The molecule has 2 aliphatic rings. The number of amides is 1. The van der Waals surface area contributed by atoms with E-state index in [4.69, 9.17) is 4.74 Å². The molecular weight excluding hydrogens is 264 g/mol. The topological polar surface area (TPSA) is 41.6 Å². The zero-order chi connectivity index (χ0) is 15.2. The molecule has 0 bridgehead atoms. The van der Waals surface area contributed by atoms with Gasteiger partial charge in [-0.3, -0.25) is 9.69 Å². The molecule has 0 aromatic rings. The van der Waals surface area contributed by atoms with E-state index in [-0.39, 0.29) is 5.91 Å². The lowest BCUT2D eigenvalue weighted by atomic mass is 9.86. The monoisotopic (exact) mass is 296 g/mol. The van der Waals surface area contributed by atoms with Gasteiger partial charge in [0, 0.05) is 31.3 Å². The molecule has 1 N–H and O–H groups in total. The molecule has 4 heteroatoms. The van der Waals surface area contributed by atoms with E-state index in [0.29, 0.717) is 30.6 Å². The minimum atomic E-state index is 0.203. The molecule has 0 spiro atoms. The quantitative estimate of drug-likeness (QED) is 0.848. The van der Waals surface area contributed by atoms with Gasteiger partial charge in [-0.25, -0.2) is 0 Å². The van der Waals surface area contributed by atoms with Crippen molar-refractivity contribution in [1.82, 2.24) is 10.2 Å². The SMILES string of the molecule is CC(C)N(CC(=O)N[C@@H]1CCCC[C@H]1C)C1CCOCC1. The Labute approximate surface area is 129 Å². The van der Waals surface area contributed by atoms with Gasteiger partial charge in [-0.15, -0.1) is 0 Å². The number of carbonyl (C=O) groups is 1. The lowest BCUT2D eigenvalue weighted by Gasteiger charge is -2.37. The van der Waals surface area contributed by atoms with E-state index >= 15 is 0 Å². The Morgan fingerprint density at radius 1 is 1.19 bits per heavy atom. The molecule has 21 heavy (non-hydrogen) atoms. The van der Waals surface area contributed by atoms with Crippen LogP contribution in [0.2, 0.25) is 0 Å². The van der Waals surface area contributed by atoms with Crippen molar-refractivity contribution in [2.45, 2.75) is 77.4 Å². The molecular formula is C17H32N2O2. The Bertz CT molecular complexity index is 327. The summed E-state index contributed by atoms with van der Waals surface area (Å²) >= 11 is 0. The molecule has 1 aliphatic heterocycles. The molecule has 122 valence electrons. The number of rotatable bonds is 5. The average Bonchev–Trinajstić information content (AvgIpc) is 2.48. The van der Waals surface area contributed by atoms with Crippen molar-refractivity contribution in [3.8, 4) is 0 Å².